The first-order chi connectivity index (χ1) is 16.6. The zero-order valence-electron chi connectivity index (χ0n) is 17.9. The summed E-state index contributed by atoms with van der Waals surface area (Å²) in [5.74, 6) is -1.98. The Morgan fingerprint density at radius 2 is 1.91 bits per heavy atom. The number of Topliss-reactive ketones (excluding diaryl/α,β-unsaturated/α-hetero) is 1. The minimum absolute atomic E-state index is 0.0210. The third-order valence-corrected chi connectivity index (χ3v) is 5.90. The fourth-order valence-electron chi connectivity index (χ4n) is 4.21. The number of amides is 1. The second kappa shape index (κ2) is 8.71. The van der Waals surface area contributed by atoms with Crippen LogP contribution in [0.15, 0.2) is 61.0 Å². The molecule has 1 fully saturated rings. The van der Waals surface area contributed by atoms with Crippen LogP contribution in [0.3, 0.4) is 0 Å². The maximum atomic E-state index is 14.7. The van der Waals surface area contributed by atoms with Gasteiger partial charge in [0, 0.05) is 19.3 Å². The summed E-state index contributed by atoms with van der Waals surface area (Å²) in [4.78, 5) is 38.2. The molecule has 4 heterocycles. The van der Waals surface area contributed by atoms with Gasteiger partial charge in [-0.1, -0.05) is 30.3 Å². The molecule has 168 valence electrons. The second-order valence-corrected chi connectivity index (χ2v) is 7.80. The lowest BCUT2D eigenvalue weighted by Crippen LogP contribution is -2.40. The lowest BCUT2D eigenvalue weighted by molar-refractivity contribution is -0.126. The molecule has 1 aliphatic rings. The van der Waals surface area contributed by atoms with Gasteiger partial charge in [0.25, 0.3) is 11.7 Å². The number of aromatic nitrogens is 5. The molecular weight excluding hydrogens is 437 g/mol. The predicted molar refractivity (Wildman–Crippen MR) is 120 cm³/mol. The highest BCUT2D eigenvalue weighted by Crippen LogP contribution is 2.29. The highest BCUT2D eigenvalue weighted by molar-refractivity contribution is 6.45. The number of halogens is 1. The molecule has 4 aromatic rings. The minimum Gasteiger partial charge on any atom is -0.357 e. The van der Waals surface area contributed by atoms with Crippen LogP contribution >= 0.6 is 0 Å². The first kappa shape index (κ1) is 21.2. The number of piperidine rings is 1. The summed E-state index contributed by atoms with van der Waals surface area (Å²) in [5.41, 5.74) is 2.57. The van der Waals surface area contributed by atoms with Crippen molar-refractivity contribution in [2.45, 2.75) is 12.8 Å². The summed E-state index contributed by atoms with van der Waals surface area (Å²) < 4.78 is 16.0. The maximum Gasteiger partial charge on any atom is 0.295 e. The van der Waals surface area contributed by atoms with Crippen LogP contribution in [0.1, 0.15) is 28.8 Å². The molecular formula is C24H18FN7O2. The van der Waals surface area contributed by atoms with Gasteiger partial charge < -0.3 is 9.88 Å². The molecule has 3 aromatic heterocycles. The Morgan fingerprint density at radius 3 is 2.59 bits per heavy atom. The maximum absolute atomic E-state index is 14.7. The Morgan fingerprint density at radius 1 is 1.15 bits per heavy atom. The van der Waals surface area contributed by atoms with E-state index in [0.717, 1.165) is 17.3 Å². The summed E-state index contributed by atoms with van der Waals surface area (Å²) >= 11 is 0. The second-order valence-electron chi connectivity index (χ2n) is 7.80. The SMILES string of the molecule is N#CC(=C1CCN(C(=O)C(=O)c2c[nH]c3c(-n4cncn4)ncc(F)c23)CC1)c1ccccc1. The average molecular weight is 455 g/mol. The third-order valence-electron chi connectivity index (χ3n) is 5.90. The number of hydrogen-bond donors (Lipinski definition) is 1. The number of nitrogens with one attached hydrogen (secondary N) is 1. The number of aromatic amines is 1. The number of fused-ring (bicyclic) bond motifs is 1. The number of carbonyl (C=O) groups is 2. The topological polar surface area (TPSA) is 121 Å². The van der Waals surface area contributed by atoms with E-state index >= 15 is 0 Å². The van der Waals surface area contributed by atoms with E-state index in [1.54, 1.807) is 0 Å². The number of nitrogens with zero attached hydrogens (tertiary/aromatic N) is 6. The number of pyridine rings is 1. The summed E-state index contributed by atoms with van der Waals surface area (Å²) in [6.07, 6.45) is 5.98. The van der Waals surface area contributed by atoms with Crippen LogP contribution in [0.5, 0.6) is 0 Å². The van der Waals surface area contributed by atoms with Crippen molar-refractivity contribution in [2.24, 2.45) is 0 Å². The van der Waals surface area contributed by atoms with Crippen LogP contribution in [0, 0.1) is 17.1 Å². The summed E-state index contributed by atoms with van der Waals surface area (Å²) in [6, 6.07) is 11.6. The number of likely N-dealkylation sites (tertiary alicyclic amines) is 1. The monoisotopic (exact) mass is 455 g/mol. The summed E-state index contributed by atoms with van der Waals surface area (Å²) in [7, 11) is 0. The number of H-pyrrole nitrogens is 1. The van der Waals surface area contributed by atoms with E-state index in [9.17, 15) is 19.2 Å². The molecule has 1 aliphatic heterocycles. The molecule has 9 nitrogen and oxygen atoms in total. The van der Waals surface area contributed by atoms with Gasteiger partial charge in [-0.3, -0.25) is 9.59 Å². The van der Waals surface area contributed by atoms with Crippen LogP contribution in [-0.2, 0) is 4.79 Å². The van der Waals surface area contributed by atoms with Crippen molar-refractivity contribution in [3.8, 4) is 11.9 Å². The van der Waals surface area contributed by atoms with Gasteiger partial charge in [-0.2, -0.15) is 10.4 Å². The molecule has 0 atom stereocenters. The van der Waals surface area contributed by atoms with E-state index in [1.807, 2.05) is 30.3 Å². The number of ketones is 1. The lowest BCUT2D eigenvalue weighted by Gasteiger charge is -2.28. The fraction of sp³-hybridized carbons (Fsp3) is 0.167. The third kappa shape index (κ3) is 3.63. The predicted octanol–water partition coefficient (Wildman–Crippen LogP) is 3.07. The zero-order chi connectivity index (χ0) is 23.7. The molecule has 0 radical (unpaired) electrons. The fourth-order valence-corrected chi connectivity index (χ4v) is 4.21. The molecule has 5 rings (SSSR count). The number of benzene rings is 1. The largest absolute Gasteiger partial charge is 0.357 e. The molecule has 10 heteroatoms. The minimum atomic E-state index is -0.808. The number of carbonyl (C=O) groups excluding carboxylic acids is 2. The Labute approximate surface area is 193 Å². The van der Waals surface area contributed by atoms with Gasteiger partial charge in [0.05, 0.1) is 34.3 Å². The van der Waals surface area contributed by atoms with Gasteiger partial charge in [-0.25, -0.2) is 19.0 Å². The standard InChI is InChI=1S/C24H18FN7O2/c25-19-12-29-23(32-14-27-13-30-32)21-20(19)18(11-28-21)22(33)24(34)31-8-6-16(7-9-31)17(10-26)15-4-2-1-3-5-15/h1-5,11-14,28H,6-9H2. The Hall–Kier alpha value is -4.65. The molecule has 0 unspecified atom stereocenters. The van der Waals surface area contributed by atoms with Crippen molar-refractivity contribution in [1.29, 1.82) is 5.26 Å². The van der Waals surface area contributed by atoms with Crippen molar-refractivity contribution in [2.75, 3.05) is 13.1 Å². The normalized spacial score (nSPS) is 13.6. The quantitative estimate of drug-likeness (QED) is 0.287. The molecule has 0 saturated carbocycles. The van der Waals surface area contributed by atoms with Crippen LogP contribution in [0.2, 0.25) is 0 Å². The van der Waals surface area contributed by atoms with Crippen LogP contribution in [-0.4, -0.2) is 54.4 Å². The van der Waals surface area contributed by atoms with Crippen molar-refractivity contribution < 1.29 is 14.0 Å². The zero-order valence-corrected chi connectivity index (χ0v) is 17.9. The van der Waals surface area contributed by atoms with Gasteiger partial charge in [0.2, 0.25) is 0 Å². The number of allylic oxidation sites excluding steroid dienone is 1. The van der Waals surface area contributed by atoms with E-state index < -0.39 is 17.5 Å². The van der Waals surface area contributed by atoms with Crippen molar-refractivity contribution in [3.63, 3.8) is 0 Å². The van der Waals surface area contributed by atoms with Crippen LogP contribution in [0.4, 0.5) is 4.39 Å². The van der Waals surface area contributed by atoms with E-state index in [0.29, 0.717) is 31.5 Å². The smallest absolute Gasteiger partial charge is 0.295 e. The van der Waals surface area contributed by atoms with E-state index in [1.165, 1.54) is 28.4 Å². The Bertz CT molecular complexity index is 1460. The molecule has 34 heavy (non-hydrogen) atoms. The first-order valence-corrected chi connectivity index (χ1v) is 10.6. The van der Waals surface area contributed by atoms with Gasteiger partial charge in [0.15, 0.2) is 11.6 Å². The lowest BCUT2D eigenvalue weighted by atomic mass is 9.93. The summed E-state index contributed by atoms with van der Waals surface area (Å²) in [5, 5.41) is 13.6. The Kier molecular flexibility index (Phi) is 5.43. The molecule has 1 N–H and O–H groups in total. The molecule has 1 saturated heterocycles. The van der Waals surface area contributed by atoms with Gasteiger partial charge in [-0.05, 0) is 24.0 Å². The van der Waals surface area contributed by atoms with Crippen LogP contribution in [0.25, 0.3) is 22.3 Å². The van der Waals surface area contributed by atoms with Crippen molar-refractivity contribution in [1.82, 2.24) is 29.6 Å². The van der Waals surface area contributed by atoms with E-state index in [-0.39, 0.29) is 22.3 Å². The molecule has 1 aromatic carbocycles. The van der Waals surface area contributed by atoms with Gasteiger partial charge in [-0.15, -0.1) is 0 Å². The van der Waals surface area contributed by atoms with Crippen molar-refractivity contribution >= 4 is 28.2 Å². The molecule has 1 amide bonds. The van der Waals surface area contributed by atoms with Crippen LogP contribution < -0.4 is 0 Å². The highest BCUT2D eigenvalue weighted by atomic mass is 19.1. The number of rotatable bonds is 4. The van der Waals surface area contributed by atoms with Gasteiger partial charge in [0.1, 0.15) is 12.7 Å². The molecule has 0 spiro atoms. The summed E-state index contributed by atoms with van der Waals surface area (Å²) in [6.45, 7) is 0.600. The Balaban J connectivity index is 1.39. The molecule has 0 aliphatic carbocycles. The van der Waals surface area contributed by atoms with E-state index in [4.69, 9.17) is 0 Å². The highest BCUT2D eigenvalue weighted by Gasteiger charge is 2.30. The van der Waals surface area contributed by atoms with Gasteiger partial charge >= 0.3 is 0 Å². The van der Waals surface area contributed by atoms with E-state index in [2.05, 4.69) is 26.1 Å². The average Bonchev–Trinajstić information content (AvgIpc) is 3.56. The number of hydrogen-bond acceptors (Lipinski definition) is 6. The number of nitriles is 1. The first-order valence-electron chi connectivity index (χ1n) is 10.6. The van der Waals surface area contributed by atoms with Crippen molar-refractivity contribution in [3.05, 3.63) is 77.9 Å². The molecule has 0 bridgehead atoms.